The number of amides is 1. The number of aryl methyl sites for hydroxylation is 2. The van der Waals surface area contributed by atoms with Crippen LogP contribution < -0.4 is 10.2 Å². The SMILES string of the molecule is O=C(N/N=C/c1ccc(OC(=O)c2ccccc2)cc1)c1ccc2[nH]c3c(c2c1)CCCC3. The maximum atomic E-state index is 12.6. The van der Waals surface area contributed by atoms with Crippen LogP contribution in [-0.4, -0.2) is 23.1 Å². The Kier molecular flexibility index (Phi) is 5.72. The van der Waals surface area contributed by atoms with E-state index < -0.39 is 5.97 Å². The van der Waals surface area contributed by atoms with E-state index in [2.05, 4.69) is 15.5 Å². The van der Waals surface area contributed by atoms with Gasteiger partial charge >= 0.3 is 5.97 Å². The van der Waals surface area contributed by atoms with Gasteiger partial charge in [-0.1, -0.05) is 18.2 Å². The van der Waals surface area contributed by atoms with Gasteiger partial charge in [0.2, 0.25) is 0 Å². The molecule has 0 aliphatic heterocycles. The zero-order chi connectivity index (χ0) is 22.6. The summed E-state index contributed by atoms with van der Waals surface area (Å²) in [5, 5.41) is 5.20. The van der Waals surface area contributed by atoms with Crippen molar-refractivity contribution in [2.75, 3.05) is 0 Å². The number of esters is 1. The van der Waals surface area contributed by atoms with Crippen molar-refractivity contribution in [3.63, 3.8) is 0 Å². The first-order chi connectivity index (χ1) is 16.2. The number of fused-ring (bicyclic) bond motifs is 3. The van der Waals surface area contributed by atoms with Gasteiger partial charge in [0.05, 0.1) is 11.8 Å². The van der Waals surface area contributed by atoms with Crippen LogP contribution in [0.25, 0.3) is 10.9 Å². The number of hydrazone groups is 1. The van der Waals surface area contributed by atoms with Crippen LogP contribution in [0.3, 0.4) is 0 Å². The fourth-order valence-electron chi connectivity index (χ4n) is 4.14. The minimum atomic E-state index is -0.412. The van der Waals surface area contributed by atoms with E-state index in [1.54, 1.807) is 54.7 Å². The van der Waals surface area contributed by atoms with Crippen molar-refractivity contribution >= 4 is 29.0 Å². The van der Waals surface area contributed by atoms with Gasteiger partial charge in [-0.15, -0.1) is 0 Å². The molecule has 5 rings (SSSR count). The highest BCUT2D eigenvalue weighted by Crippen LogP contribution is 2.29. The molecular weight excluding hydrogens is 414 g/mol. The van der Waals surface area contributed by atoms with E-state index in [1.807, 2.05) is 24.3 Å². The minimum Gasteiger partial charge on any atom is -0.423 e. The van der Waals surface area contributed by atoms with Gasteiger partial charge in [-0.2, -0.15) is 5.10 Å². The molecule has 4 aromatic rings. The maximum absolute atomic E-state index is 12.6. The summed E-state index contributed by atoms with van der Waals surface area (Å²) in [6.45, 7) is 0. The molecule has 0 fully saturated rings. The van der Waals surface area contributed by atoms with Crippen LogP contribution in [0.2, 0.25) is 0 Å². The summed E-state index contributed by atoms with van der Waals surface area (Å²) in [5.41, 5.74) is 8.14. The zero-order valence-electron chi connectivity index (χ0n) is 18.0. The van der Waals surface area contributed by atoms with Crippen molar-refractivity contribution in [2.45, 2.75) is 25.7 Å². The number of nitrogens with one attached hydrogen (secondary N) is 2. The molecule has 33 heavy (non-hydrogen) atoms. The van der Waals surface area contributed by atoms with Crippen LogP contribution in [0, 0.1) is 0 Å². The largest absolute Gasteiger partial charge is 0.423 e. The number of hydrogen-bond acceptors (Lipinski definition) is 4. The highest BCUT2D eigenvalue weighted by molar-refractivity contribution is 5.99. The third kappa shape index (κ3) is 4.55. The Morgan fingerprint density at radius 3 is 2.52 bits per heavy atom. The summed E-state index contributed by atoms with van der Waals surface area (Å²) in [6.07, 6.45) is 6.07. The average molecular weight is 437 g/mol. The lowest BCUT2D eigenvalue weighted by atomic mass is 9.95. The molecule has 0 spiro atoms. The highest BCUT2D eigenvalue weighted by atomic mass is 16.5. The molecule has 0 bridgehead atoms. The van der Waals surface area contributed by atoms with Crippen LogP contribution in [-0.2, 0) is 12.8 Å². The molecule has 1 aliphatic rings. The van der Waals surface area contributed by atoms with Crippen molar-refractivity contribution in [1.29, 1.82) is 0 Å². The molecule has 1 aliphatic carbocycles. The molecule has 2 N–H and O–H groups in total. The molecule has 0 unspecified atom stereocenters. The van der Waals surface area contributed by atoms with Crippen LogP contribution in [0.15, 0.2) is 77.9 Å². The third-order valence-electron chi connectivity index (χ3n) is 5.84. The van der Waals surface area contributed by atoms with E-state index in [1.165, 1.54) is 24.1 Å². The number of carbonyl (C=O) groups is 2. The van der Waals surface area contributed by atoms with Crippen LogP contribution in [0.5, 0.6) is 5.75 Å². The Hall–Kier alpha value is -4.19. The second-order valence-electron chi connectivity index (χ2n) is 8.07. The quantitative estimate of drug-likeness (QED) is 0.199. The van der Waals surface area contributed by atoms with E-state index >= 15 is 0 Å². The summed E-state index contributed by atoms with van der Waals surface area (Å²) in [7, 11) is 0. The van der Waals surface area contributed by atoms with Gasteiger partial charge in [0, 0.05) is 22.2 Å². The van der Waals surface area contributed by atoms with E-state index in [4.69, 9.17) is 4.74 Å². The van der Waals surface area contributed by atoms with E-state index in [9.17, 15) is 9.59 Å². The molecule has 0 atom stereocenters. The normalized spacial score (nSPS) is 13.1. The Morgan fingerprint density at radius 1 is 0.909 bits per heavy atom. The summed E-state index contributed by atoms with van der Waals surface area (Å²) < 4.78 is 5.37. The van der Waals surface area contributed by atoms with Crippen molar-refractivity contribution < 1.29 is 14.3 Å². The van der Waals surface area contributed by atoms with Crippen molar-refractivity contribution in [3.8, 4) is 5.75 Å². The predicted molar refractivity (Wildman–Crippen MR) is 128 cm³/mol. The fourth-order valence-corrected chi connectivity index (χ4v) is 4.14. The van der Waals surface area contributed by atoms with Gasteiger partial charge in [0.15, 0.2) is 0 Å². The molecule has 6 heteroatoms. The molecule has 0 saturated heterocycles. The molecular formula is C27H23N3O3. The molecule has 1 aromatic heterocycles. The first-order valence-corrected chi connectivity index (χ1v) is 11.0. The average Bonchev–Trinajstić information content (AvgIpc) is 3.23. The Bertz CT molecular complexity index is 1340. The smallest absolute Gasteiger partial charge is 0.343 e. The minimum absolute atomic E-state index is 0.257. The lowest BCUT2D eigenvalue weighted by Gasteiger charge is -2.10. The Labute approximate surface area is 191 Å². The summed E-state index contributed by atoms with van der Waals surface area (Å²) in [6, 6.07) is 21.4. The number of aromatic amines is 1. The van der Waals surface area contributed by atoms with E-state index in [-0.39, 0.29) is 5.91 Å². The summed E-state index contributed by atoms with van der Waals surface area (Å²) in [4.78, 5) is 28.2. The van der Waals surface area contributed by atoms with Crippen molar-refractivity contribution in [3.05, 3.63) is 101 Å². The van der Waals surface area contributed by atoms with Crippen LogP contribution >= 0.6 is 0 Å². The Balaban J connectivity index is 1.21. The molecule has 164 valence electrons. The zero-order valence-corrected chi connectivity index (χ0v) is 18.0. The maximum Gasteiger partial charge on any atom is 0.343 e. The van der Waals surface area contributed by atoms with Gasteiger partial charge in [-0.3, -0.25) is 4.79 Å². The van der Waals surface area contributed by atoms with Gasteiger partial charge in [0.25, 0.3) is 5.91 Å². The second-order valence-corrected chi connectivity index (χ2v) is 8.07. The molecule has 0 saturated carbocycles. The topological polar surface area (TPSA) is 83.5 Å². The third-order valence-corrected chi connectivity index (χ3v) is 5.84. The summed E-state index contributed by atoms with van der Waals surface area (Å²) in [5.74, 6) is -0.231. The van der Waals surface area contributed by atoms with Gasteiger partial charge in [-0.05, 0) is 91.4 Å². The van der Waals surface area contributed by atoms with Gasteiger partial charge in [-0.25, -0.2) is 10.2 Å². The summed E-state index contributed by atoms with van der Waals surface area (Å²) >= 11 is 0. The molecule has 1 amide bonds. The number of benzene rings is 3. The molecule has 3 aromatic carbocycles. The second kappa shape index (κ2) is 9.12. The number of hydrogen-bond donors (Lipinski definition) is 2. The Morgan fingerprint density at radius 2 is 1.70 bits per heavy atom. The standard InChI is InChI=1S/C27H23N3O3/c31-26(20-12-15-25-23(16-20)22-8-4-5-9-24(22)29-25)30-28-17-18-10-13-21(14-11-18)33-27(32)19-6-2-1-3-7-19/h1-3,6-7,10-17,29H,4-5,8-9H2,(H,30,31)/b28-17+. The molecule has 1 heterocycles. The van der Waals surface area contributed by atoms with Crippen LogP contribution in [0.4, 0.5) is 0 Å². The van der Waals surface area contributed by atoms with Crippen LogP contribution in [0.1, 0.15) is 50.4 Å². The first-order valence-electron chi connectivity index (χ1n) is 11.0. The number of ether oxygens (including phenoxy) is 1. The number of carbonyl (C=O) groups excluding carboxylic acids is 2. The van der Waals surface area contributed by atoms with Gasteiger partial charge in [0.1, 0.15) is 5.75 Å². The predicted octanol–water partition coefficient (Wildman–Crippen LogP) is 5.03. The number of aromatic nitrogens is 1. The lowest BCUT2D eigenvalue weighted by Crippen LogP contribution is -2.17. The monoisotopic (exact) mass is 437 g/mol. The number of rotatable bonds is 5. The first kappa shape index (κ1) is 20.7. The van der Waals surface area contributed by atoms with Crippen molar-refractivity contribution in [2.24, 2.45) is 5.10 Å². The number of H-pyrrole nitrogens is 1. The van der Waals surface area contributed by atoms with Crippen molar-refractivity contribution in [1.82, 2.24) is 10.4 Å². The van der Waals surface area contributed by atoms with E-state index in [0.29, 0.717) is 16.9 Å². The lowest BCUT2D eigenvalue weighted by molar-refractivity contribution is 0.0734. The van der Waals surface area contributed by atoms with E-state index in [0.717, 1.165) is 29.3 Å². The highest BCUT2D eigenvalue weighted by Gasteiger charge is 2.16. The molecule has 6 nitrogen and oxygen atoms in total. The molecule has 0 radical (unpaired) electrons. The number of nitrogens with zero attached hydrogens (tertiary/aromatic N) is 1. The van der Waals surface area contributed by atoms with Gasteiger partial charge < -0.3 is 9.72 Å². The fraction of sp³-hybridized carbons (Fsp3) is 0.148.